The van der Waals surface area contributed by atoms with Crippen LogP contribution in [0.1, 0.15) is 0 Å². The predicted octanol–water partition coefficient (Wildman–Crippen LogP) is 1.36. The van der Waals surface area contributed by atoms with E-state index in [1.165, 1.54) is 0 Å². The maximum Gasteiger partial charge on any atom is 0.174 e. The SMILES string of the molecule is N#CCOc1ccc2c(c1)OCCO2. The number of hydrogen-bond donors (Lipinski definition) is 0. The van der Waals surface area contributed by atoms with Crippen molar-refractivity contribution in [2.24, 2.45) is 0 Å². The minimum absolute atomic E-state index is 0.0413. The molecule has 0 N–H and O–H groups in total. The van der Waals surface area contributed by atoms with E-state index in [1.807, 2.05) is 6.07 Å². The highest BCUT2D eigenvalue weighted by Gasteiger charge is 2.11. The molecule has 0 aromatic heterocycles. The first-order chi connectivity index (χ1) is 6.90. The van der Waals surface area contributed by atoms with E-state index in [2.05, 4.69) is 0 Å². The van der Waals surface area contributed by atoms with E-state index in [0.717, 1.165) is 5.75 Å². The van der Waals surface area contributed by atoms with E-state index in [-0.39, 0.29) is 6.61 Å². The highest BCUT2D eigenvalue weighted by Crippen LogP contribution is 2.33. The third-order valence-electron chi connectivity index (χ3n) is 1.82. The quantitative estimate of drug-likeness (QED) is 0.708. The topological polar surface area (TPSA) is 51.5 Å². The molecule has 0 spiro atoms. The van der Waals surface area contributed by atoms with Gasteiger partial charge in [0.05, 0.1) is 0 Å². The molecule has 0 bridgehead atoms. The molecule has 1 heterocycles. The molecular weight excluding hydrogens is 182 g/mol. The lowest BCUT2D eigenvalue weighted by atomic mass is 10.3. The first kappa shape index (κ1) is 8.70. The van der Waals surface area contributed by atoms with Gasteiger partial charge in [0.1, 0.15) is 25.0 Å². The van der Waals surface area contributed by atoms with Crippen LogP contribution >= 0.6 is 0 Å². The molecular formula is C10H9NO3. The van der Waals surface area contributed by atoms with Crippen LogP contribution in [0.3, 0.4) is 0 Å². The van der Waals surface area contributed by atoms with Gasteiger partial charge in [0.25, 0.3) is 0 Å². The zero-order valence-corrected chi connectivity index (χ0v) is 7.53. The lowest BCUT2D eigenvalue weighted by Crippen LogP contribution is -2.15. The van der Waals surface area contributed by atoms with Gasteiger partial charge in [-0.25, -0.2) is 0 Å². The van der Waals surface area contributed by atoms with E-state index < -0.39 is 0 Å². The van der Waals surface area contributed by atoms with Crippen molar-refractivity contribution in [1.29, 1.82) is 5.26 Å². The summed E-state index contributed by atoms with van der Waals surface area (Å²) >= 11 is 0. The van der Waals surface area contributed by atoms with Crippen molar-refractivity contribution in [1.82, 2.24) is 0 Å². The molecule has 1 aromatic carbocycles. The van der Waals surface area contributed by atoms with Gasteiger partial charge in [0, 0.05) is 6.07 Å². The maximum absolute atomic E-state index is 8.34. The van der Waals surface area contributed by atoms with Gasteiger partial charge in [-0.3, -0.25) is 0 Å². The largest absolute Gasteiger partial charge is 0.486 e. The number of nitrogens with zero attached hydrogens (tertiary/aromatic N) is 1. The fourth-order valence-electron chi connectivity index (χ4n) is 1.23. The Morgan fingerprint density at radius 3 is 2.86 bits per heavy atom. The van der Waals surface area contributed by atoms with Crippen LogP contribution in [-0.2, 0) is 0 Å². The Labute approximate surface area is 81.6 Å². The first-order valence-electron chi connectivity index (χ1n) is 4.29. The lowest BCUT2D eigenvalue weighted by molar-refractivity contribution is 0.170. The highest BCUT2D eigenvalue weighted by molar-refractivity contribution is 5.46. The number of rotatable bonds is 2. The molecule has 14 heavy (non-hydrogen) atoms. The smallest absolute Gasteiger partial charge is 0.174 e. The summed E-state index contributed by atoms with van der Waals surface area (Å²) in [5.41, 5.74) is 0. The van der Waals surface area contributed by atoms with Crippen LogP contribution in [0, 0.1) is 11.3 Å². The predicted molar refractivity (Wildman–Crippen MR) is 48.5 cm³/mol. The van der Waals surface area contributed by atoms with Crippen molar-refractivity contribution in [2.75, 3.05) is 19.8 Å². The van der Waals surface area contributed by atoms with Crippen molar-refractivity contribution in [3.8, 4) is 23.3 Å². The molecule has 1 aliphatic rings. The molecule has 0 unspecified atom stereocenters. The average Bonchev–Trinajstić information content (AvgIpc) is 2.26. The zero-order chi connectivity index (χ0) is 9.80. The van der Waals surface area contributed by atoms with Crippen molar-refractivity contribution in [3.63, 3.8) is 0 Å². The molecule has 4 heteroatoms. The molecule has 4 nitrogen and oxygen atoms in total. The van der Waals surface area contributed by atoms with E-state index in [9.17, 15) is 0 Å². The van der Waals surface area contributed by atoms with Crippen LogP contribution in [0.2, 0.25) is 0 Å². The van der Waals surface area contributed by atoms with Crippen LogP contribution in [0.4, 0.5) is 0 Å². The van der Waals surface area contributed by atoms with Crippen molar-refractivity contribution in [2.45, 2.75) is 0 Å². The van der Waals surface area contributed by atoms with E-state index in [4.69, 9.17) is 19.5 Å². The van der Waals surface area contributed by atoms with Gasteiger partial charge in [-0.15, -0.1) is 0 Å². The summed E-state index contributed by atoms with van der Waals surface area (Å²) in [7, 11) is 0. The van der Waals surface area contributed by atoms with Crippen molar-refractivity contribution < 1.29 is 14.2 Å². The number of ether oxygens (including phenoxy) is 3. The standard InChI is InChI=1S/C10H9NO3/c11-3-4-12-8-1-2-9-10(7-8)14-6-5-13-9/h1-2,7H,4-6H2. The summed E-state index contributed by atoms with van der Waals surface area (Å²) in [6.45, 7) is 1.17. The Kier molecular flexibility index (Phi) is 2.41. The summed E-state index contributed by atoms with van der Waals surface area (Å²) in [5, 5.41) is 8.34. The maximum atomic E-state index is 8.34. The third-order valence-corrected chi connectivity index (χ3v) is 1.82. The minimum atomic E-state index is 0.0413. The van der Waals surface area contributed by atoms with E-state index in [1.54, 1.807) is 18.2 Å². The summed E-state index contributed by atoms with van der Waals surface area (Å²) < 4.78 is 15.8. The third kappa shape index (κ3) is 1.72. The van der Waals surface area contributed by atoms with Gasteiger partial charge >= 0.3 is 0 Å². The Morgan fingerprint density at radius 2 is 2.07 bits per heavy atom. The van der Waals surface area contributed by atoms with Gasteiger partial charge in [-0.1, -0.05) is 0 Å². The fraction of sp³-hybridized carbons (Fsp3) is 0.300. The van der Waals surface area contributed by atoms with Crippen LogP contribution in [-0.4, -0.2) is 19.8 Å². The summed E-state index contributed by atoms with van der Waals surface area (Å²) in [6.07, 6.45) is 0. The molecule has 0 radical (unpaired) electrons. The molecule has 72 valence electrons. The van der Waals surface area contributed by atoms with Crippen LogP contribution < -0.4 is 14.2 Å². The summed E-state index contributed by atoms with van der Waals surface area (Å²) in [6, 6.07) is 7.16. The van der Waals surface area contributed by atoms with E-state index >= 15 is 0 Å². The number of hydrogen-bond acceptors (Lipinski definition) is 4. The van der Waals surface area contributed by atoms with Gasteiger partial charge in [0.2, 0.25) is 0 Å². The molecule has 0 fully saturated rings. The molecule has 0 atom stereocenters. The van der Waals surface area contributed by atoms with Gasteiger partial charge < -0.3 is 14.2 Å². The van der Waals surface area contributed by atoms with Gasteiger partial charge in [-0.05, 0) is 12.1 Å². The van der Waals surface area contributed by atoms with Crippen molar-refractivity contribution >= 4 is 0 Å². The lowest BCUT2D eigenvalue weighted by Gasteiger charge is -2.18. The zero-order valence-electron chi connectivity index (χ0n) is 7.53. The second-order valence-corrected chi connectivity index (χ2v) is 2.75. The summed E-state index contributed by atoms with van der Waals surface area (Å²) in [5.74, 6) is 2.02. The molecule has 0 saturated carbocycles. The second-order valence-electron chi connectivity index (χ2n) is 2.75. The van der Waals surface area contributed by atoms with Crippen LogP contribution in [0.5, 0.6) is 17.2 Å². The Hall–Kier alpha value is -1.89. The molecule has 1 aromatic rings. The van der Waals surface area contributed by atoms with Gasteiger partial charge in [-0.2, -0.15) is 5.26 Å². The van der Waals surface area contributed by atoms with Crippen LogP contribution in [0.15, 0.2) is 18.2 Å². The summed E-state index contributed by atoms with van der Waals surface area (Å²) in [4.78, 5) is 0. The Bertz CT molecular complexity index is 370. The monoisotopic (exact) mass is 191 g/mol. The number of fused-ring (bicyclic) bond motifs is 1. The highest BCUT2D eigenvalue weighted by atomic mass is 16.6. The first-order valence-corrected chi connectivity index (χ1v) is 4.29. The van der Waals surface area contributed by atoms with E-state index in [0.29, 0.717) is 24.7 Å². The molecule has 0 amide bonds. The molecule has 2 rings (SSSR count). The second kappa shape index (κ2) is 3.88. The number of nitriles is 1. The fourth-order valence-corrected chi connectivity index (χ4v) is 1.23. The molecule has 0 aliphatic carbocycles. The average molecular weight is 191 g/mol. The minimum Gasteiger partial charge on any atom is -0.486 e. The van der Waals surface area contributed by atoms with Crippen molar-refractivity contribution in [3.05, 3.63) is 18.2 Å². The molecule has 1 aliphatic heterocycles. The number of benzene rings is 1. The Morgan fingerprint density at radius 1 is 1.29 bits per heavy atom. The van der Waals surface area contributed by atoms with Crippen LogP contribution in [0.25, 0.3) is 0 Å². The molecule has 0 saturated heterocycles. The van der Waals surface area contributed by atoms with Gasteiger partial charge in [0.15, 0.2) is 18.1 Å². The normalized spacial score (nSPS) is 13.1. The Balaban J connectivity index is 2.17.